The van der Waals surface area contributed by atoms with Gasteiger partial charge in [0.15, 0.2) is 0 Å². The molecule has 2 saturated heterocycles. The normalized spacial score (nSPS) is 25.6. The number of benzene rings is 3. The van der Waals surface area contributed by atoms with Crippen LogP contribution in [-0.4, -0.2) is 23.1 Å². The molecule has 0 radical (unpaired) electrons. The summed E-state index contributed by atoms with van der Waals surface area (Å²) in [5.74, 6) is 0. The molecular weight excluding hydrogens is 378 g/mol. The highest BCUT2D eigenvalue weighted by Gasteiger charge is 2.42. The number of fused-ring (bicyclic) bond motifs is 4. The summed E-state index contributed by atoms with van der Waals surface area (Å²) >= 11 is 0. The Hall–Kier alpha value is -2.42. The first kappa shape index (κ1) is 19.3. The maximum atomic E-state index is 7.02. The van der Waals surface area contributed by atoms with Crippen LogP contribution < -0.4 is 0 Å². The molecule has 1 aliphatic carbocycles. The van der Waals surface area contributed by atoms with Crippen LogP contribution in [0.2, 0.25) is 0 Å². The molecule has 3 aliphatic rings. The fourth-order valence-corrected chi connectivity index (χ4v) is 6.20. The Morgan fingerprint density at radius 3 is 1.84 bits per heavy atom. The van der Waals surface area contributed by atoms with Crippen molar-refractivity contribution in [2.45, 2.75) is 69.4 Å². The maximum absolute atomic E-state index is 7.02. The molecule has 2 aliphatic heterocycles. The predicted molar refractivity (Wildman–Crippen MR) is 125 cm³/mol. The first-order valence-electron chi connectivity index (χ1n) is 12.0. The van der Waals surface area contributed by atoms with Crippen LogP contribution in [0.15, 0.2) is 78.9 Å². The second kappa shape index (κ2) is 8.26. The molecule has 2 bridgehead atoms. The SMILES string of the molecule is c1ccc(CN2[C@@H]3CC[C@H]2CC(OC2c4ccccc4CCc4ccccc42)C3)cc1. The number of nitrogens with zero attached hydrogens (tertiary/aromatic N) is 1. The molecule has 3 aromatic carbocycles. The lowest BCUT2D eigenvalue weighted by Crippen LogP contribution is -2.45. The molecule has 3 atom stereocenters. The Morgan fingerprint density at radius 2 is 1.23 bits per heavy atom. The van der Waals surface area contributed by atoms with Gasteiger partial charge in [-0.15, -0.1) is 0 Å². The monoisotopic (exact) mass is 409 g/mol. The van der Waals surface area contributed by atoms with E-state index in [1.165, 1.54) is 40.7 Å². The standard InChI is InChI=1S/C29H31NO/c1-2-8-21(9-3-1)20-30-24-16-17-25(30)19-26(18-24)31-29-27-12-6-4-10-22(27)14-15-23-11-5-7-13-28(23)29/h1-13,24-26,29H,14-20H2/t24-,25+,26?. The number of hydrogen-bond donors (Lipinski definition) is 0. The number of piperidine rings is 1. The zero-order chi connectivity index (χ0) is 20.6. The minimum Gasteiger partial charge on any atom is -0.365 e. The van der Waals surface area contributed by atoms with E-state index in [2.05, 4.69) is 83.8 Å². The van der Waals surface area contributed by atoms with Gasteiger partial charge in [-0.25, -0.2) is 0 Å². The summed E-state index contributed by atoms with van der Waals surface area (Å²) in [4.78, 5) is 2.75. The van der Waals surface area contributed by atoms with Crippen molar-refractivity contribution in [3.05, 3.63) is 107 Å². The molecule has 3 aromatic rings. The van der Waals surface area contributed by atoms with Crippen LogP contribution in [0, 0.1) is 0 Å². The van der Waals surface area contributed by atoms with Crippen molar-refractivity contribution in [2.24, 2.45) is 0 Å². The van der Waals surface area contributed by atoms with Crippen molar-refractivity contribution in [2.75, 3.05) is 0 Å². The summed E-state index contributed by atoms with van der Waals surface area (Å²) in [6, 6.07) is 30.1. The van der Waals surface area contributed by atoms with Gasteiger partial charge in [0.1, 0.15) is 6.10 Å². The lowest BCUT2D eigenvalue weighted by molar-refractivity contribution is -0.0502. The minimum atomic E-state index is 0.0694. The molecule has 2 heterocycles. The van der Waals surface area contributed by atoms with Gasteiger partial charge in [0.25, 0.3) is 0 Å². The number of aryl methyl sites for hydroxylation is 2. The second-order valence-corrected chi connectivity index (χ2v) is 9.55. The molecule has 6 rings (SSSR count). The zero-order valence-electron chi connectivity index (χ0n) is 18.1. The molecule has 0 saturated carbocycles. The average molecular weight is 410 g/mol. The summed E-state index contributed by atoms with van der Waals surface area (Å²) in [5, 5.41) is 0. The van der Waals surface area contributed by atoms with Gasteiger partial charge in [-0.3, -0.25) is 4.90 Å². The molecule has 1 unspecified atom stereocenters. The van der Waals surface area contributed by atoms with Crippen LogP contribution in [0.5, 0.6) is 0 Å². The lowest BCUT2D eigenvalue weighted by Gasteiger charge is -2.40. The molecule has 0 amide bonds. The highest BCUT2D eigenvalue weighted by Crippen LogP contribution is 2.42. The Morgan fingerprint density at radius 1 is 0.677 bits per heavy atom. The summed E-state index contributed by atoms with van der Waals surface area (Å²) < 4.78 is 7.02. The Kier molecular flexibility index (Phi) is 5.13. The van der Waals surface area contributed by atoms with E-state index in [4.69, 9.17) is 4.74 Å². The van der Waals surface area contributed by atoms with Crippen molar-refractivity contribution < 1.29 is 4.74 Å². The molecule has 0 spiro atoms. The van der Waals surface area contributed by atoms with E-state index in [0.717, 1.165) is 32.2 Å². The molecule has 2 nitrogen and oxygen atoms in total. The van der Waals surface area contributed by atoms with Gasteiger partial charge in [0.2, 0.25) is 0 Å². The zero-order valence-corrected chi connectivity index (χ0v) is 18.1. The summed E-state index contributed by atoms with van der Waals surface area (Å²) in [6.45, 7) is 1.08. The van der Waals surface area contributed by atoms with Crippen LogP contribution >= 0.6 is 0 Å². The fraction of sp³-hybridized carbons (Fsp3) is 0.379. The first-order chi connectivity index (χ1) is 15.3. The number of rotatable bonds is 4. The molecule has 2 fully saturated rings. The molecular formula is C29H31NO. The van der Waals surface area contributed by atoms with Crippen molar-refractivity contribution >= 4 is 0 Å². The number of hydrogen-bond acceptors (Lipinski definition) is 2. The minimum absolute atomic E-state index is 0.0694. The van der Waals surface area contributed by atoms with Crippen molar-refractivity contribution in [3.8, 4) is 0 Å². The highest BCUT2D eigenvalue weighted by atomic mass is 16.5. The van der Waals surface area contributed by atoms with Gasteiger partial charge < -0.3 is 4.74 Å². The van der Waals surface area contributed by atoms with E-state index in [9.17, 15) is 0 Å². The molecule has 0 N–H and O–H groups in total. The third kappa shape index (κ3) is 3.73. The fourth-order valence-electron chi connectivity index (χ4n) is 6.20. The van der Waals surface area contributed by atoms with Crippen LogP contribution in [-0.2, 0) is 24.1 Å². The van der Waals surface area contributed by atoms with E-state index in [1.807, 2.05) is 0 Å². The van der Waals surface area contributed by atoms with Crippen LogP contribution in [0.1, 0.15) is 59.6 Å². The third-order valence-corrected chi connectivity index (χ3v) is 7.72. The van der Waals surface area contributed by atoms with Crippen molar-refractivity contribution in [1.29, 1.82) is 0 Å². The van der Waals surface area contributed by atoms with E-state index in [-0.39, 0.29) is 6.10 Å². The lowest BCUT2D eigenvalue weighted by atomic mass is 9.94. The Bertz CT molecular complexity index is 984. The highest BCUT2D eigenvalue weighted by molar-refractivity contribution is 5.43. The maximum Gasteiger partial charge on any atom is 0.108 e. The molecule has 158 valence electrons. The third-order valence-electron chi connectivity index (χ3n) is 7.72. The van der Waals surface area contributed by atoms with Crippen molar-refractivity contribution in [3.63, 3.8) is 0 Å². The van der Waals surface area contributed by atoms with E-state index in [1.54, 1.807) is 0 Å². The molecule has 31 heavy (non-hydrogen) atoms. The van der Waals surface area contributed by atoms with Gasteiger partial charge in [-0.05, 0) is 66.3 Å². The van der Waals surface area contributed by atoms with Gasteiger partial charge in [-0.1, -0.05) is 78.9 Å². The van der Waals surface area contributed by atoms with Crippen LogP contribution in [0.25, 0.3) is 0 Å². The van der Waals surface area contributed by atoms with E-state index in [0.29, 0.717) is 18.2 Å². The van der Waals surface area contributed by atoms with Gasteiger partial charge in [-0.2, -0.15) is 0 Å². The average Bonchev–Trinajstić information content (AvgIpc) is 2.98. The topological polar surface area (TPSA) is 12.5 Å². The van der Waals surface area contributed by atoms with Gasteiger partial charge in [0.05, 0.1) is 6.10 Å². The van der Waals surface area contributed by atoms with E-state index >= 15 is 0 Å². The Balaban J connectivity index is 1.24. The smallest absolute Gasteiger partial charge is 0.108 e. The summed E-state index contributed by atoms with van der Waals surface area (Å²) in [6.07, 6.45) is 7.56. The summed E-state index contributed by atoms with van der Waals surface area (Å²) in [5.41, 5.74) is 7.10. The van der Waals surface area contributed by atoms with Gasteiger partial charge in [0, 0.05) is 18.6 Å². The second-order valence-electron chi connectivity index (χ2n) is 9.55. The van der Waals surface area contributed by atoms with Crippen molar-refractivity contribution in [1.82, 2.24) is 4.90 Å². The molecule has 2 heteroatoms. The van der Waals surface area contributed by atoms with Gasteiger partial charge >= 0.3 is 0 Å². The largest absolute Gasteiger partial charge is 0.365 e. The van der Waals surface area contributed by atoms with E-state index < -0.39 is 0 Å². The van der Waals surface area contributed by atoms with Crippen LogP contribution in [0.3, 0.4) is 0 Å². The molecule has 0 aromatic heterocycles. The first-order valence-corrected chi connectivity index (χ1v) is 12.0. The predicted octanol–water partition coefficient (Wildman–Crippen LogP) is 6.09. The summed E-state index contributed by atoms with van der Waals surface area (Å²) in [7, 11) is 0. The Labute approximate surface area is 185 Å². The number of ether oxygens (including phenoxy) is 1. The van der Waals surface area contributed by atoms with Crippen LogP contribution in [0.4, 0.5) is 0 Å². The quantitative estimate of drug-likeness (QED) is 0.517.